The molecule has 0 saturated heterocycles. The summed E-state index contributed by atoms with van der Waals surface area (Å²) in [7, 11) is 0. The number of carbonyl (C=O) groups excluding carboxylic acids is 3. The highest BCUT2D eigenvalue weighted by Crippen LogP contribution is 2.64. The molecule has 0 aliphatic heterocycles. The molecule has 2 atom stereocenters. The second kappa shape index (κ2) is 17.2. The molecule has 8 rings (SSSR count). The van der Waals surface area contributed by atoms with Crippen molar-refractivity contribution in [1.82, 2.24) is 0 Å². The zero-order valence-corrected chi connectivity index (χ0v) is 30.5. The third kappa shape index (κ3) is 10.5. The minimum atomic E-state index is -5.76. The molecule has 8 saturated carbocycles. The fourth-order valence-corrected chi connectivity index (χ4v) is 10.9. The third-order valence-corrected chi connectivity index (χ3v) is 13.5. The summed E-state index contributed by atoms with van der Waals surface area (Å²) in [6, 6.07) is 0. The molecule has 54 heavy (non-hydrogen) atoms. The van der Waals surface area contributed by atoms with E-state index < -0.39 is 46.8 Å². The van der Waals surface area contributed by atoms with Gasteiger partial charge in [-0.25, -0.2) is 0 Å². The molecule has 8 aliphatic rings. The van der Waals surface area contributed by atoms with Crippen LogP contribution in [0.2, 0.25) is 0 Å². The van der Waals surface area contributed by atoms with Crippen LogP contribution in [0.25, 0.3) is 0 Å². The van der Waals surface area contributed by atoms with E-state index in [1.165, 1.54) is 38.5 Å². The van der Waals surface area contributed by atoms with Gasteiger partial charge in [0.1, 0.15) is 5.60 Å². The summed E-state index contributed by atoms with van der Waals surface area (Å²) in [4.78, 5) is 37.4. The molecule has 0 aromatic carbocycles. The van der Waals surface area contributed by atoms with Gasteiger partial charge in [0, 0.05) is 6.42 Å². The fraction of sp³-hybridized carbons (Fsp3) is 0.929. The van der Waals surface area contributed by atoms with E-state index >= 15 is 0 Å². The number of esters is 3. The quantitative estimate of drug-likeness (QED) is 0.125. The van der Waals surface area contributed by atoms with Crippen molar-refractivity contribution in [2.75, 3.05) is 6.61 Å². The largest absolute Gasteiger partial charge is 0.465 e. The van der Waals surface area contributed by atoms with E-state index in [9.17, 15) is 40.7 Å². The van der Waals surface area contributed by atoms with E-state index in [2.05, 4.69) is 11.7 Å². The van der Waals surface area contributed by atoms with Gasteiger partial charge in [0.05, 0.1) is 22.9 Å². The molecule has 8 fully saturated rings. The lowest BCUT2D eigenvalue weighted by molar-refractivity contribution is -0.318. The van der Waals surface area contributed by atoms with Crippen LogP contribution in [-0.4, -0.2) is 48.6 Å². The lowest BCUT2D eigenvalue weighted by Crippen LogP contribution is -2.61. The normalized spacial score (nSPS) is 33.2. The number of hydrogen-bond acceptors (Lipinski definition) is 6. The summed E-state index contributed by atoms with van der Waals surface area (Å²) in [6.07, 6.45) is -2.67. The van der Waals surface area contributed by atoms with Crippen molar-refractivity contribution >= 4 is 17.9 Å². The Morgan fingerprint density at radius 1 is 0.630 bits per heavy atom. The van der Waals surface area contributed by atoms with Crippen molar-refractivity contribution < 1.29 is 54.9 Å². The maximum absolute atomic E-state index is 12.9. The van der Waals surface area contributed by atoms with E-state index in [1.54, 1.807) is 13.8 Å². The molecule has 6 nitrogen and oxygen atoms in total. The second-order valence-electron chi connectivity index (χ2n) is 18.5. The first-order valence-corrected chi connectivity index (χ1v) is 18.7. The van der Waals surface area contributed by atoms with Crippen molar-refractivity contribution in [2.24, 2.45) is 51.2 Å². The Hall–Kier alpha value is -2.01. The van der Waals surface area contributed by atoms with Crippen LogP contribution in [-0.2, 0) is 28.6 Å². The van der Waals surface area contributed by atoms with Crippen LogP contribution in [0.4, 0.5) is 26.3 Å². The number of hydrogen-bond donors (Lipinski definition) is 0. The van der Waals surface area contributed by atoms with Gasteiger partial charge in [0.15, 0.2) is 0 Å². The molecule has 12 heteroatoms. The topological polar surface area (TPSA) is 78.9 Å². The highest BCUT2D eigenvalue weighted by molar-refractivity contribution is 5.79. The van der Waals surface area contributed by atoms with Crippen LogP contribution in [0, 0.1) is 51.2 Å². The maximum Gasteiger partial charge on any atom is 0.434 e. The Morgan fingerprint density at radius 3 is 1.44 bits per heavy atom. The number of ether oxygens (including phenoxy) is 3. The minimum Gasteiger partial charge on any atom is -0.465 e. The Balaban J connectivity index is 0.000000535. The molecular formula is C42H72F6O6. The lowest BCUT2D eigenvalue weighted by Gasteiger charge is -2.60. The number of carbonyl (C=O) groups is 3. The molecular weight excluding hydrogens is 714 g/mol. The van der Waals surface area contributed by atoms with Crippen LogP contribution >= 0.6 is 0 Å². The molecule has 0 aromatic heterocycles. The first-order chi connectivity index (χ1) is 22.9. The zero-order valence-electron chi connectivity index (χ0n) is 30.5. The van der Waals surface area contributed by atoms with Crippen LogP contribution in [0.5, 0.6) is 0 Å². The van der Waals surface area contributed by atoms with Crippen molar-refractivity contribution in [2.45, 2.75) is 192 Å². The van der Waals surface area contributed by atoms with Gasteiger partial charge in [-0.2, -0.15) is 26.3 Å². The Kier molecular flexibility index (Phi) is 16.0. The third-order valence-electron chi connectivity index (χ3n) is 13.5. The van der Waals surface area contributed by atoms with Gasteiger partial charge in [0.25, 0.3) is 6.10 Å². The minimum absolute atomic E-state index is 0. The first kappa shape index (κ1) is 50.0. The van der Waals surface area contributed by atoms with Crippen LogP contribution in [0.3, 0.4) is 0 Å². The van der Waals surface area contributed by atoms with Crippen molar-refractivity contribution in [3.8, 4) is 0 Å². The highest BCUT2D eigenvalue weighted by atomic mass is 19.4. The summed E-state index contributed by atoms with van der Waals surface area (Å²) in [5.41, 5.74) is -3.10. The molecule has 0 amide bonds. The standard InChI is InChI=1S/C20H26F6O4.C18H30O2.4CH4/c1-4-16(2,3)14(27)30-18-8-11-5-12(9-18)7-17(6-11,10-18)15(28)29-13(19(21,22)23)20(24,25)26;1-4-17(2,3)16(19)20-6-5-18-10-13-7-14(11-18)9-15(8-13)12-18;;;;/h11-13H,4-10H2,1-3H3;13-15H,4-12H2,1-3H3;4*1H4. The summed E-state index contributed by atoms with van der Waals surface area (Å²) >= 11 is 0. The van der Waals surface area contributed by atoms with Crippen LogP contribution in [0.15, 0.2) is 0 Å². The van der Waals surface area contributed by atoms with Crippen molar-refractivity contribution in [3.05, 3.63) is 0 Å². The predicted molar refractivity (Wildman–Crippen MR) is 199 cm³/mol. The van der Waals surface area contributed by atoms with Gasteiger partial charge in [-0.3, -0.25) is 14.4 Å². The highest BCUT2D eigenvalue weighted by Gasteiger charge is 2.66. The number of alkyl halides is 6. The molecule has 2 unspecified atom stereocenters. The van der Waals surface area contributed by atoms with Crippen molar-refractivity contribution in [1.29, 1.82) is 0 Å². The molecule has 0 radical (unpaired) electrons. The second-order valence-corrected chi connectivity index (χ2v) is 18.5. The number of rotatable bonds is 10. The van der Waals surface area contributed by atoms with Gasteiger partial charge in [-0.1, -0.05) is 43.6 Å². The zero-order chi connectivity index (χ0) is 37.1. The monoisotopic (exact) mass is 787 g/mol. The maximum atomic E-state index is 12.9. The van der Waals surface area contributed by atoms with Gasteiger partial charge in [-0.05, 0) is 153 Å². The Labute approximate surface area is 322 Å². The SMILES string of the molecule is C.C.C.C.CCC(C)(C)C(=O)OC12CC3CC(C1)CC(C(=O)OC(C(F)(F)F)C(F)(F)F)(C3)C2.CCC(C)(C)C(=O)OCCC12CC3CC(CC(C3)C1)C2. The molecule has 0 N–H and O–H groups in total. The molecule has 8 aliphatic carbocycles. The Bertz CT molecular complexity index is 1220. The summed E-state index contributed by atoms with van der Waals surface area (Å²) in [5, 5.41) is 0. The summed E-state index contributed by atoms with van der Waals surface area (Å²) in [5.74, 6) is 0.783. The number of halogens is 6. The van der Waals surface area contributed by atoms with E-state index in [4.69, 9.17) is 9.47 Å². The van der Waals surface area contributed by atoms with Crippen molar-refractivity contribution in [3.63, 3.8) is 0 Å². The first-order valence-electron chi connectivity index (χ1n) is 18.7. The fourth-order valence-electron chi connectivity index (χ4n) is 10.9. The van der Waals surface area contributed by atoms with Gasteiger partial charge in [-0.15, -0.1) is 0 Å². The van der Waals surface area contributed by atoms with E-state index in [-0.39, 0.29) is 72.2 Å². The molecule has 318 valence electrons. The predicted octanol–water partition coefficient (Wildman–Crippen LogP) is 12.5. The lowest BCUT2D eigenvalue weighted by atomic mass is 9.48. The molecule has 0 heterocycles. The summed E-state index contributed by atoms with van der Waals surface area (Å²) in [6.45, 7) is 11.9. The smallest absolute Gasteiger partial charge is 0.434 e. The molecule has 8 bridgehead atoms. The van der Waals surface area contributed by atoms with Gasteiger partial charge >= 0.3 is 30.3 Å². The van der Waals surface area contributed by atoms with Gasteiger partial charge in [0.2, 0.25) is 0 Å². The van der Waals surface area contributed by atoms with E-state index in [1.807, 2.05) is 20.8 Å². The average molecular weight is 787 g/mol. The van der Waals surface area contributed by atoms with E-state index in [0.717, 1.165) is 30.6 Å². The van der Waals surface area contributed by atoms with Gasteiger partial charge < -0.3 is 14.2 Å². The molecule has 0 aromatic rings. The molecule has 0 spiro atoms. The van der Waals surface area contributed by atoms with E-state index in [0.29, 0.717) is 37.7 Å². The van der Waals surface area contributed by atoms with Crippen LogP contribution in [0.1, 0.15) is 168 Å². The Morgan fingerprint density at radius 2 is 1.04 bits per heavy atom. The summed E-state index contributed by atoms with van der Waals surface area (Å²) < 4.78 is 92.9. The average Bonchev–Trinajstić information content (AvgIpc) is 2.97. The van der Waals surface area contributed by atoms with Crippen LogP contribution < -0.4 is 0 Å².